The molecule has 3 nitrogen and oxygen atoms in total. The molecule has 0 radical (unpaired) electrons. The van der Waals surface area contributed by atoms with Crippen molar-refractivity contribution in [2.75, 3.05) is 0 Å². The summed E-state index contributed by atoms with van der Waals surface area (Å²) in [5, 5.41) is 6.58. The van der Waals surface area contributed by atoms with E-state index < -0.39 is 0 Å². The summed E-state index contributed by atoms with van der Waals surface area (Å²) in [6, 6.07) is 0.285. The minimum absolute atomic E-state index is 0.285. The van der Waals surface area contributed by atoms with E-state index in [1.54, 1.807) is 0 Å². The Bertz CT molecular complexity index is 338. The number of hydrogen-bond acceptors (Lipinski definition) is 3. The van der Waals surface area contributed by atoms with Crippen molar-refractivity contribution >= 4 is 0 Å². The van der Waals surface area contributed by atoms with Crippen molar-refractivity contribution in [1.29, 1.82) is 0 Å². The molecule has 0 spiro atoms. The van der Waals surface area contributed by atoms with Gasteiger partial charge in [-0.15, -0.1) is 0 Å². The Hall–Kier alpha value is -1.38. The van der Waals surface area contributed by atoms with Gasteiger partial charge in [0.05, 0.1) is 5.82 Å². The molecule has 0 fully saturated rings. The molecule has 3 heteroatoms. The maximum Gasteiger partial charge on any atom is 0.108 e. The highest BCUT2D eigenvalue weighted by Gasteiger charge is 2.12. The van der Waals surface area contributed by atoms with Crippen LogP contribution >= 0.6 is 0 Å². The van der Waals surface area contributed by atoms with Crippen LogP contribution in [0.25, 0.3) is 0 Å². The fourth-order valence-corrected chi connectivity index (χ4v) is 1.68. The Kier molecular flexibility index (Phi) is 8.01. The standard InChI is InChI=1S/C13H23N3.C2H6/c1-5-9(3)7-11(6-2)13-15-10(4)8-12(14)16-13;1-2/h7-8,10,15-16H,5-6,14H2,1-4H3;1-2H3/b9-7?,13-11-;. The predicted octanol–water partition coefficient (Wildman–Crippen LogP) is 3.37. The van der Waals surface area contributed by atoms with E-state index >= 15 is 0 Å². The van der Waals surface area contributed by atoms with Crippen molar-refractivity contribution in [3.05, 3.63) is 34.9 Å². The maximum absolute atomic E-state index is 5.83. The number of allylic oxidation sites excluding steroid dienone is 3. The quantitative estimate of drug-likeness (QED) is 0.721. The molecule has 0 aromatic heterocycles. The van der Waals surface area contributed by atoms with Gasteiger partial charge in [-0.1, -0.05) is 39.3 Å². The van der Waals surface area contributed by atoms with Crippen LogP contribution in [0.5, 0.6) is 0 Å². The molecule has 104 valence electrons. The molecule has 0 saturated carbocycles. The van der Waals surface area contributed by atoms with E-state index in [0.29, 0.717) is 0 Å². The second kappa shape index (κ2) is 8.67. The molecule has 1 aliphatic rings. The van der Waals surface area contributed by atoms with Crippen LogP contribution < -0.4 is 16.4 Å². The molecule has 1 aliphatic heterocycles. The summed E-state index contributed by atoms with van der Waals surface area (Å²) >= 11 is 0. The van der Waals surface area contributed by atoms with Gasteiger partial charge in [-0.3, -0.25) is 0 Å². The average Bonchev–Trinajstić information content (AvgIpc) is 2.36. The molecular formula is C15H29N3. The summed E-state index contributed by atoms with van der Waals surface area (Å²) in [5.41, 5.74) is 8.49. The molecule has 0 saturated heterocycles. The summed E-state index contributed by atoms with van der Waals surface area (Å²) in [7, 11) is 0. The molecule has 1 rings (SSSR count). The average molecular weight is 251 g/mol. The molecule has 1 atom stereocenters. The summed E-state index contributed by atoms with van der Waals surface area (Å²) in [6.07, 6.45) is 6.29. The lowest BCUT2D eigenvalue weighted by molar-refractivity contribution is 0.623. The summed E-state index contributed by atoms with van der Waals surface area (Å²) in [5.74, 6) is 1.78. The first-order valence-electron chi connectivity index (χ1n) is 6.98. The highest BCUT2D eigenvalue weighted by molar-refractivity contribution is 5.31. The van der Waals surface area contributed by atoms with E-state index in [-0.39, 0.29) is 6.04 Å². The molecule has 18 heavy (non-hydrogen) atoms. The van der Waals surface area contributed by atoms with Crippen molar-refractivity contribution in [2.45, 2.75) is 60.4 Å². The van der Waals surface area contributed by atoms with E-state index in [9.17, 15) is 0 Å². The van der Waals surface area contributed by atoms with E-state index in [4.69, 9.17) is 5.73 Å². The highest BCUT2D eigenvalue weighted by Crippen LogP contribution is 2.14. The zero-order valence-corrected chi connectivity index (χ0v) is 12.7. The van der Waals surface area contributed by atoms with Gasteiger partial charge in [-0.05, 0) is 38.3 Å². The predicted molar refractivity (Wildman–Crippen MR) is 80.7 cm³/mol. The first-order valence-corrected chi connectivity index (χ1v) is 6.98. The van der Waals surface area contributed by atoms with E-state index in [2.05, 4.69) is 44.4 Å². The van der Waals surface area contributed by atoms with E-state index in [0.717, 1.165) is 24.5 Å². The second-order valence-corrected chi connectivity index (χ2v) is 4.28. The number of nitrogens with one attached hydrogen (secondary N) is 2. The lowest BCUT2D eigenvalue weighted by atomic mass is 10.1. The van der Waals surface area contributed by atoms with Gasteiger partial charge < -0.3 is 16.4 Å². The summed E-state index contributed by atoms with van der Waals surface area (Å²) < 4.78 is 0. The SMILES string of the molecule is CC.CCC(C)=C/C(CC)=C1\NC(N)=CC(C)N1. The zero-order chi connectivity index (χ0) is 14.1. The fraction of sp³-hybridized carbons (Fsp3) is 0.600. The van der Waals surface area contributed by atoms with Crippen LogP contribution in [0.15, 0.2) is 34.9 Å². The maximum atomic E-state index is 5.83. The van der Waals surface area contributed by atoms with Crippen molar-refractivity contribution in [3.8, 4) is 0 Å². The lowest BCUT2D eigenvalue weighted by Gasteiger charge is -2.25. The number of rotatable bonds is 3. The van der Waals surface area contributed by atoms with Crippen LogP contribution in [0.4, 0.5) is 0 Å². The van der Waals surface area contributed by atoms with Crippen LogP contribution in [-0.2, 0) is 0 Å². The first kappa shape index (κ1) is 16.6. The van der Waals surface area contributed by atoms with Gasteiger partial charge in [0.15, 0.2) is 0 Å². The first-order chi connectivity index (χ1) is 8.56. The van der Waals surface area contributed by atoms with Crippen LogP contribution in [0.1, 0.15) is 54.4 Å². The number of hydrogen-bond donors (Lipinski definition) is 3. The van der Waals surface area contributed by atoms with Crippen LogP contribution in [0.2, 0.25) is 0 Å². The normalized spacial score (nSPS) is 22.0. The minimum atomic E-state index is 0.285. The summed E-state index contributed by atoms with van der Waals surface area (Å²) in [4.78, 5) is 0. The molecule has 1 unspecified atom stereocenters. The van der Waals surface area contributed by atoms with Gasteiger partial charge in [0.1, 0.15) is 5.82 Å². The van der Waals surface area contributed by atoms with E-state index in [1.165, 1.54) is 11.1 Å². The fourth-order valence-electron chi connectivity index (χ4n) is 1.68. The van der Waals surface area contributed by atoms with Crippen LogP contribution in [-0.4, -0.2) is 6.04 Å². The zero-order valence-electron chi connectivity index (χ0n) is 12.7. The third-order valence-electron chi connectivity index (χ3n) is 2.75. The Morgan fingerprint density at radius 3 is 2.39 bits per heavy atom. The molecule has 4 N–H and O–H groups in total. The molecule has 0 amide bonds. The van der Waals surface area contributed by atoms with Gasteiger partial charge in [0.2, 0.25) is 0 Å². The topological polar surface area (TPSA) is 50.1 Å². The minimum Gasteiger partial charge on any atom is -0.385 e. The van der Waals surface area contributed by atoms with Crippen molar-refractivity contribution in [3.63, 3.8) is 0 Å². The van der Waals surface area contributed by atoms with Crippen molar-refractivity contribution in [2.24, 2.45) is 5.73 Å². The molecular weight excluding hydrogens is 222 g/mol. The molecule has 0 aromatic carbocycles. The van der Waals surface area contributed by atoms with Gasteiger partial charge in [0.25, 0.3) is 0 Å². The Balaban J connectivity index is 0.00000137. The summed E-state index contributed by atoms with van der Waals surface area (Å²) in [6.45, 7) is 12.6. The molecule has 0 aromatic rings. The second-order valence-electron chi connectivity index (χ2n) is 4.28. The smallest absolute Gasteiger partial charge is 0.108 e. The monoisotopic (exact) mass is 251 g/mol. The van der Waals surface area contributed by atoms with Crippen molar-refractivity contribution in [1.82, 2.24) is 10.6 Å². The van der Waals surface area contributed by atoms with Crippen molar-refractivity contribution < 1.29 is 0 Å². The highest BCUT2D eigenvalue weighted by atomic mass is 15.2. The van der Waals surface area contributed by atoms with Crippen LogP contribution in [0, 0.1) is 0 Å². The Morgan fingerprint density at radius 1 is 1.33 bits per heavy atom. The Morgan fingerprint density at radius 2 is 1.94 bits per heavy atom. The molecule has 0 aliphatic carbocycles. The van der Waals surface area contributed by atoms with Gasteiger partial charge >= 0.3 is 0 Å². The Labute approximate surface area is 112 Å². The van der Waals surface area contributed by atoms with E-state index in [1.807, 2.05) is 19.9 Å². The third kappa shape index (κ3) is 5.30. The van der Waals surface area contributed by atoms with Gasteiger partial charge in [-0.2, -0.15) is 0 Å². The van der Waals surface area contributed by atoms with Crippen LogP contribution in [0.3, 0.4) is 0 Å². The largest absolute Gasteiger partial charge is 0.385 e. The third-order valence-corrected chi connectivity index (χ3v) is 2.75. The molecule has 0 bridgehead atoms. The number of nitrogens with two attached hydrogens (primary N) is 1. The van der Waals surface area contributed by atoms with Gasteiger partial charge in [0, 0.05) is 6.04 Å². The molecule has 1 heterocycles. The lowest BCUT2D eigenvalue weighted by Crippen LogP contribution is -2.40. The van der Waals surface area contributed by atoms with Gasteiger partial charge in [-0.25, -0.2) is 0 Å².